The van der Waals surface area contributed by atoms with Gasteiger partial charge in [0.25, 0.3) is 0 Å². The van der Waals surface area contributed by atoms with Crippen LogP contribution in [0.15, 0.2) is 0 Å². The molecule has 0 aliphatic carbocycles. The summed E-state index contributed by atoms with van der Waals surface area (Å²) < 4.78 is 5.46. The van der Waals surface area contributed by atoms with E-state index in [1.165, 1.54) is 12.8 Å². The summed E-state index contributed by atoms with van der Waals surface area (Å²) in [5.41, 5.74) is 0. The number of likely N-dealkylation sites (N-methyl/N-ethyl adjacent to an activating group) is 1. The van der Waals surface area contributed by atoms with Crippen molar-refractivity contribution in [2.24, 2.45) is 5.92 Å². The number of amides is 1. The molecule has 0 bridgehead atoms. The van der Waals surface area contributed by atoms with E-state index in [9.17, 15) is 4.79 Å². The van der Waals surface area contributed by atoms with Crippen LogP contribution in [-0.2, 0) is 9.53 Å². The fourth-order valence-corrected chi connectivity index (χ4v) is 2.97. The molecule has 2 rings (SSSR count). The zero-order valence-electron chi connectivity index (χ0n) is 12.8. The van der Waals surface area contributed by atoms with Crippen LogP contribution in [0.5, 0.6) is 0 Å². The highest BCUT2D eigenvalue weighted by Crippen LogP contribution is 2.16. The van der Waals surface area contributed by atoms with Gasteiger partial charge in [0, 0.05) is 32.8 Å². The lowest BCUT2D eigenvalue weighted by Gasteiger charge is -2.22. The second-order valence-corrected chi connectivity index (χ2v) is 6.15. The highest BCUT2D eigenvalue weighted by Gasteiger charge is 2.16. The maximum absolute atomic E-state index is 11.9. The van der Waals surface area contributed by atoms with E-state index in [0.717, 1.165) is 58.8 Å². The van der Waals surface area contributed by atoms with Gasteiger partial charge in [-0.3, -0.25) is 9.69 Å². The summed E-state index contributed by atoms with van der Waals surface area (Å²) in [4.78, 5) is 16.5. The largest absolute Gasteiger partial charge is 0.381 e. The predicted molar refractivity (Wildman–Crippen MR) is 79.7 cm³/mol. The van der Waals surface area contributed by atoms with E-state index in [1.54, 1.807) is 0 Å². The standard InChI is InChI=1S/C15H29N3O2/c1-17-7-3-8-18(10-9-17)12-15(19)16-6-5-14-4-2-11-20-13-14/h14H,2-13H2,1H3,(H,16,19)/t14-/m1/s1. The fraction of sp³-hybridized carbons (Fsp3) is 0.933. The van der Waals surface area contributed by atoms with E-state index >= 15 is 0 Å². The molecular formula is C15H29N3O2. The molecule has 0 aromatic rings. The van der Waals surface area contributed by atoms with Gasteiger partial charge in [-0.15, -0.1) is 0 Å². The van der Waals surface area contributed by atoms with Crippen molar-refractivity contribution in [1.82, 2.24) is 15.1 Å². The number of carbonyl (C=O) groups is 1. The van der Waals surface area contributed by atoms with Crippen molar-refractivity contribution in [2.45, 2.75) is 25.7 Å². The van der Waals surface area contributed by atoms with Gasteiger partial charge in [0.15, 0.2) is 0 Å². The molecule has 0 aromatic carbocycles. The summed E-state index contributed by atoms with van der Waals surface area (Å²) >= 11 is 0. The Labute approximate surface area is 122 Å². The molecule has 1 N–H and O–H groups in total. The first kappa shape index (κ1) is 15.7. The number of hydrogen-bond acceptors (Lipinski definition) is 4. The molecule has 2 aliphatic rings. The third kappa shape index (κ3) is 5.77. The molecule has 1 amide bonds. The third-order valence-corrected chi connectivity index (χ3v) is 4.31. The lowest BCUT2D eigenvalue weighted by Crippen LogP contribution is -2.39. The molecule has 116 valence electrons. The third-order valence-electron chi connectivity index (χ3n) is 4.31. The van der Waals surface area contributed by atoms with E-state index < -0.39 is 0 Å². The van der Waals surface area contributed by atoms with Gasteiger partial charge in [0.1, 0.15) is 0 Å². The van der Waals surface area contributed by atoms with E-state index in [2.05, 4.69) is 22.2 Å². The normalized spacial score (nSPS) is 26.1. The highest BCUT2D eigenvalue weighted by atomic mass is 16.5. The molecule has 2 aliphatic heterocycles. The number of ether oxygens (including phenoxy) is 1. The van der Waals surface area contributed by atoms with Crippen LogP contribution in [0.25, 0.3) is 0 Å². The minimum atomic E-state index is 0.172. The SMILES string of the molecule is CN1CCCN(CC(=O)NCC[C@H]2CCCOC2)CC1. The van der Waals surface area contributed by atoms with Crippen molar-refractivity contribution in [1.29, 1.82) is 0 Å². The van der Waals surface area contributed by atoms with Crippen LogP contribution >= 0.6 is 0 Å². The molecule has 20 heavy (non-hydrogen) atoms. The smallest absolute Gasteiger partial charge is 0.234 e. The highest BCUT2D eigenvalue weighted by molar-refractivity contribution is 5.77. The molecule has 0 unspecified atom stereocenters. The van der Waals surface area contributed by atoms with Crippen LogP contribution in [-0.4, -0.2) is 75.2 Å². The molecule has 1 atom stereocenters. The number of nitrogens with one attached hydrogen (secondary N) is 1. The van der Waals surface area contributed by atoms with Crippen LogP contribution in [0.2, 0.25) is 0 Å². The van der Waals surface area contributed by atoms with Crippen molar-refractivity contribution in [3.05, 3.63) is 0 Å². The quantitative estimate of drug-likeness (QED) is 0.801. The van der Waals surface area contributed by atoms with Gasteiger partial charge < -0.3 is 15.0 Å². The molecule has 2 saturated heterocycles. The van der Waals surface area contributed by atoms with Crippen LogP contribution in [0.1, 0.15) is 25.7 Å². The summed E-state index contributed by atoms with van der Waals surface area (Å²) in [6, 6.07) is 0. The molecule has 0 aromatic heterocycles. The number of rotatable bonds is 5. The maximum Gasteiger partial charge on any atom is 0.234 e. The summed E-state index contributed by atoms with van der Waals surface area (Å²) in [5.74, 6) is 0.808. The van der Waals surface area contributed by atoms with Gasteiger partial charge in [-0.05, 0) is 51.7 Å². The maximum atomic E-state index is 11.9. The van der Waals surface area contributed by atoms with Gasteiger partial charge in [-0.1, -0.05) is 0 Å². The Hall–Kier alpha value is -0.650. The second kappa shape index (κ2) is 8.60. The topological polar surface area (TPSA) is 44.8 Å². The number of hydrogen-bond donors (Lipinski definition) is 1. The van der Waals surface area contributed by atoms with E-state index in [-0.39, 0.29) is 5.91 Å². The van der Waals surface area contributed by atoms with Crippen molar-refractivity contribution in [3.8, 4) is 0 Å². The first-order valence-electron chi connectivity index (χ1n) is 7.99. The Kier molecular flexibility index (Phi) is 6.76. The number of carbonyl (C=O) groups excluding carboxylic acids is 1. The zero-order chi connectivity index (χ0) is 14.2. The van der Waals surface area contributed by atoms with Crippen LogP contribution in [0.4, 0.5) is 0 Å². The van der Waals surface area contributed by atoms with Crippen LogP contribution in [0.3, 0.4) is 0 Å². The van der Waals surface area contributed by atoms with Crippen molar-refractivity contribution in [2.75, 3.05) is 59.5 Å². The summed E-state index contributed by atoms with van der Waals surface area (Å²) in [6.45, 7) is 7.36. The minimum absolute atomic E-state index is 0.172. The average Bonchev–Trinajstić information content (AvgIpc) is 2.65. The van der Waals surface area contributed by atoms with Crippen molar-refractivity contribution >= 4 is 5.91 Å². The monoisotopic (exact) mass is 283 g/mol. The van der Waals surface area contributed by atoms with E-state index in [1.807, 2.05) is 0 Å². The summed E-state index contributed by atoms with van der Waals surface area (Å²) in [5, 5.41) is 3.06. The first-order valence-corrected chi connectivity index (χ1v) is 7.99. The Balaban J connectivity index is 1.57. The molecule has 2 fully saturated rings. The van der Waals surface area contributed by atoms with Gasteiger partial charge in [0.05, 0.1) is 6.54 Å². The average molecular weight is 283 g/mol. The molecule has 0 spiro atoms. The molecule has 5 heteroatoms. The predicted octanol–water partition coefficient (Wildman–Crippen LogP) is 0.557. The number of nitrogens with zero attached hydrogens (tertiary/aromatic N) is 2. The van der Waals surface area contributed by atoms with Gasteiger partial charge in [-0.25, -0.2) is 0 Å². The van der Waals surface area contributed by atoms with Crippen molar-refractivity contribution in [3.63, 3.8) is 0 Å². The molecule has 2 heterocycles. The second-order valence-electron chi connectivity index (χ2n) is 6.15. The summed E-state index contributed by atoms with van der Waals surface area (Å²) in [6.07, 6.45) is 4.62. The van der Waals surface area contributed by atoms with Gasteiger partial charge in [-0.2, -0.15) is 0 Å². The van der Waals surface area contributed by atoms with E-state index in [4.69, 9.17) is 4.74 Å². The van der Waals surface area contributed by atoms with Gasteiger partial charge in [0.2, 0.25) is 5.91 Å². The Morgan fingerprint density at radius 2 is 2.15 bits per heavy atom. The van der Waals surface area contributed by atoms with Crippen molar-refractivity contribution < 1.29 is 9.53 Å². The van der Waals surface area contributed by atoms with Crippen LogP contribution in [0, 0.1) is 5.92 Å². The Morgan fingerprint density at radius 3 is 2.95 bits per heavy atom. The summed E-state index contributed by atoms with van der Waals surface area (Å²) in [7, 11) is 2.15. The Bertz CT molecular complexity index is 293. The van der Waals surface area contributed by atoms with Gasteiger partial charge >= 0.3 is 0 Å². The van der Waals surface area contributed by atoms with E-state index in [0.29, 0.717) is 12.5 Å². The fourth-order valence-electron chi connectivity index (χ4n) is 2.97. The molecule has 0 radical (unpaired) electrons. The molecule has 0 saturated carbocycles. The first-order chi connectivity index (χ1) is 9.74. The molecule has 5 nitrogen and oxygen atoms in total. The lowest BCUT2D eigenvalue weighted by atomic mass is 9.99. The Morgan fingerprint density at radius 1 is 1.25 bits per heavy atom. The lowest BCUT2D eigenvalue weighted by molar-refractivity contribution is -0.122. The zero-order valence-corrected chi connectivity index (χ0v) is 12.8. The van der Waals surface area contributed by atoms with Crippen LogP contribution < -0.4 is 5.32 Å². The molecular weight excluding hydrogens is 254 g/mol. The minimum Gasteiger partial charge on any atom is -0.381 e.